The van der Waals surface area contributed by atoms with Gasteiger partial charge in [-0.05, 0) is 18.2 Å². The topological polar surface area (TPSA) is 27.7 Å². The van der Waals surface area contributed by atoms with E-state index in [1.165, 1.54) is 0 Å². The zero-order valence-electron chi connectivity index (χ0n) is 8.40. The summed E-state index contributed by atoms with van der Waals surface area (Å²) in [5.74, 6) is 1.32. The zero-order chi connectivity index (χ0) is 10.4. The summed E-state index contributed by atoms with van der Waals surface area (Å²) < 4.78 is 15.6. The molecule has 14 heavy (non-hydrogen) atoms. The molecule has 0 fully saturated rings. The van der Waals surface area contributed by atoms with Crippen LogP contribution in [-0.2, 0) is 4.74 Å². The summed E-state index contributed by atoms with van der Waals surface area (Å²) in [6, 6.07) is 7.38. The Labute approximate surface area is 83.9 Å². The molecule has 0 saturated carbocycles. The molecule has 1 aromatic carbocycles. The van der Waals surface area contributed by atoms with Crippen LogP contribution in [0.5, 0.6) is 11.5 Å². The van der Waals surface area contributed by atoms with Crippen LogP contribution in [0.15, 0.2) is 36.9 Å². The van der Waals surface area contributed by atoms with Gasteiger partial charge < -0.3 is 14.2 Å². The van der Waals surface area contributed by atoms with E-state index in [0.29, 0.717) is 11.5 Å². The molecule has 3 nitrogen and oxygen atoms in total. The summed E-state index contributed by atoms with van der Waals surface area (Å²) in [4.78, 5) is 0. The first-order chi connectivity index (χ1) is 6.81. The predicted molar refractivity (Wildman–Crippen MR) is 54.6 cm³/mol. The van der Waals surface area contributed by atoms with Crippen LogP contribution in [0.3, 0.4) is 0 Å². The number of ether oxygens (including phenoxy) is 3. The van der Waals surface area contributed by atoms with E-state index in [0.717, 1.165) is 0 Å². The van der Waals surface area contributed by atoms with Gasteiger partial charge in [-0.25, -0.2) is 0 Å². The number of hydrogen-bond donors (Lipinski definition) is 0. The molecule has 76 valence electrons. The van der Waals surface area contributed by atoms with Gasteiger partial charge in [0.1, 0.15) is 0 Å². The van der Waals surface area contributed by atoms with E-state index < -0.39 is 6.29 Å². The molecule has 3 heteroatoms. The summed E-state index contributed by atoms with van der Waals surface area (Å²) in [5, 5.41) is 0. The first kappa shape index (κ1) is 10.6. The fourth-order valence-corrected chi connectivity index (χ4v) is 1.03. The van der Waals surface area contributed by atoms with Gasteiger partial charge in [0.25, 0.3) is 0 Å². The van der Waals surface area contributed by atoms with Gasteiger partial charge in [0.2, 0.25) is 6.29 Å². The Balaban J connectivity index is 2.78. The summed E-state index contributed by atoms with van der Waals surface area (Å²) in [6.45, 7) is 3.59. The van der Waals surface area contributed by atoms with Gasteiger partial charge in [0.15, 0.2) is 11.5 Å². The van der Waals surface area contributed by atoms with E-state index in [2.05, 4.69) is 6.58 Å². The van der Waals surface area contributed by atoms with E-state index in [9.17, 15) is 0 Å². The summed E-state index contributed by atoms with van der Waals surface area (Å²) >= 11 is 0. The Morgan fingerprint density at radius 1 is 1.21 bits per heavy atom. The molecule has 0 N–H and O–H groups in total. The second-order valence-electron chi connectivity index (χ2n) is 2.61. The Morgan fingerprint density at radius 3 is 2.36 bits per heavy atom. The van der Waals surface area contributed by atoms with Crippen molar-refractivity contribution >= 4 is 0 Å². The summed E-state index contributed by atoms with van der Waals surface area (Å²) in [5.41, 5.74) is 0. The third kappa shape index (κ3) is 2.50. The fraction of sp³-hybridized carbons (Fsp3) is 0.273. The Kier molecular flexibility index (Phi) is 4.01. The largest absolute Gasteiger partial charge is 0.493 e. The smallest absolute Gasteiger partial charge is 0.219 e. The van der Waals surface area contributed by atoms with Gasteiger partial charge in [0, 0.05) is 7.11 Å². The molecule has 0 aliphatic carbocycles. The van der Waals surface area contributed by atoms with Gasteiger partial charge in [0.05, 0.1) is 7.11 Å². The number of methoxy groups -OCH3 is 2. The van der Waals surface area contributed by atoms with E-state index in [-0.39, 0.29) is 0 Å². The lowest BCUT2D eigenvalue weighted by Gasteiger charge is -2.15. The molecular formula is C11H14O3. The number of rotatable bonds is 5. The molecule has 0 saturated heterocycles. The lowest BCUT2D eigenvalue weighted by Crippen LogP contribution is -2.15. The molecule has 0 radical (unpaired) electrons. The Morgan fingerprint density at radius 2 is 1.86 bits per heavy atom. The van der Waals surface area contributed by atoms with Crippen molar-refractivity contribution in [1.82, 2.24) is 0 Å². The van der Waals surface area contributed by atoms with Crippen LogP contribution < -0.4 is 9.47 Å². The van der Waals surface area contributed by atoms with Crippen LogP contribution in [-0.4, -0.2) is 20.5 Å². The molecule has 0 aromatic heterocycles. The predicted octanol–water partition coefficient (Wildman–Crippen LogP) is 2.23. The average Bonchev–Trinajstić information content (AvgIpc) is 2.26. The van der Waals surface area contributed by atoms with Crippen molar-refractivity contribution in [1.29, 1.82) is 0 Å². The molecule has 0 aliphatic heterocycles. The monoisotopic (exact) mass is 194 g/mol. The fourth-order valence-electron chi connectivity index (χ4n) is 1.03. The highest BCUT2D eigenvalue weighted by molar-refractivity contribution is 5.39. The maximum Gasteiger partial charge on any atom is 0.219 e. The van der Waals surface area contributed by atoms with Crippen molar-refractivity contribution in [2.75, 3.05) is 14.2 Å². The van der Waals surface area contributed by atoms with Crippen molar-refractivity contribution < 1.29 is 14.2 Å². The normalized spacial score (nSPS) is 11.9. The van der Waals surface area contributed by atoms with Crippen LogP contribution in [0.25, 0.3) is 0 Å². The maximum atomic E-state index is 5.47. The maximum absolute atomic E-state index is 5.47. The van der Waals surface area contributed by atoms with Crippen molar-refractivity contribution in [2.45, 2.75) is 6.29 Å². The molecule has 0 aliphatic rings. The molecule has 1 atom stereocenters. The van der Waals surface area contributed by atoms with Gasteiger partial charge in [-0.2, -0.15) is 0 Å². The first-order valence-corrected chi connectivity index (χ1v) is 4.27. The van der Waals surface area contributed by atoms with Crippen LogP contribution in [0, 0.1) is 0 Å². The van der Waals surface area contributed by atoms with Crippen molar-refractivity contribution in [2.24, 2.45) is 0 Å². The SMILES string of the molecule is C=CC(OC)Oc1ccccc1OC. The number of para-hydroxylation sites is 2. The molecule has 0 spiro atoms. The highest BCUT2D eigenvalue weighted by Crippen LogP contribution is 2.26. The summed E-state index contributed by atoms with van der Waals surface area (Å²) in [6.07, 6.45) is 1.12. The quantitative estimate of drug-likeness (QED) is 0.531. The second-order valence-corrected chi connectivity index (χ2v) is 2.61. The molecular weight excluding hydrogens is 180 g/mol. The minimum absolute atomic E-state index is 0.453. The van der Waals surface area contributed by atoms with E-state index in [1.807, 2.05) is 24.3 Å². The van der Waals surface area contributed by atoms with Gasteiger partial charge in [-0.1, -0.05) is 18.7 Å². The minimum atomic E-state index is -0.453. The van der Waals surface area contributed by atoms with Crippen LogP contribution in [0.2, 0.25) is 0 Å². The number of benzene rings is 1. The standard InChI is InChI=1S/C11H14O3/c1-4-11(13-3)14-10-8-6-5-7-9(10)12-2/h4-8,11H,1H2,2-3H3. The van der Waals surface area contributed by atoms with Crippen LogP contribution >= 0.6 is 0 Å². The van der Waals surface area contributed by atoms with Gasteiger partial charge in [-0.3, -0.25) is 0 Å². The first-order valence-electron chi connectivity index (χ1n) is 4.27. The van der Waals surface area contributed by atoms with Crippen LogP contribution in [0.4, 0.5) is 0 Å². The average molecular weight is 194 g/mol. The van der Waals surface area contributed by atoms with E-state index >= 15 is 0 Å². The molecule has 0 heterocycles. The highest BCUT2D eigenvalue weighted by atomic mass is 16.7. The number of hydrogen-bond acceptors (Lipinski definition) is 3. The zero-order valence-corrected chi connectivity index (χ0v) is 8.40. The highest BCUT2D eigenvalue weighted by Gasteiger charge is 2.07. The van der Waals surface area contributed by atoms with Crippen molar-refractivity contribution in [3.63, 3.8) is 0 Å². The molecule has 1 rings (SSSR count). The second kappa shape index (κ2) is 5.29. The lowest BCUT2D eigenvalue weighted by atomic mass is 10.3. The molecule has 1 unspecified atom stereocenters. The van der Waals surface area contributed by atoms with Gasteiger partial charge >= 0.3 is 0 Å². The van der Waals surface area contributed by atoms with E-state index in [1.54, 1.807) is 20.3 Å². The van der Waals surface area contributed by atoms with Crippen molar-refractivity contribution in [3.8, 4) is 11.5 Å². The lowest BCUT2D eigenvalue weighted by molar-refractivity contribution is -0.0168. The Bertz CT molecular complexity index is 296. The van der Waals surface area contributed by atoms with Crippen molar-refractivity contribution in [3.05, 3.63) is 36.9 Å². The third-order valence-electron chi connectivity index (χ3n) is 1.74. The molecule has 0 amide bonds. The minimum Gasteiger partial charge on any atom is -0.493 e. The van der Waals surface area contributed by atoms with Gasteiger partial charge in [-0.15, -0.1) is 0 Å². The van der Waals surface area contributed by atoms with E-state index in [4.69, 9.17) is 14.2 Å². The van der Waals surface area contributed by atoms with Crippen LogP contribution in [0.1, 0.15) is 0 Å². The summed E-state index contributed by atoms with van der Waals surface area (Å²) in [7, 11) is 3.15. The third-order valence-corrected chi connectivity index (χ3v) is 1.74. The molecule has 0 bridgehead atoms. The molecule has 1 aromatic rings. The Hall–Kier alpha value is -1.48.